The van der Waals surface area contributed by atoms with Gasteiger partial charge in [0.2, 0.25) is 5.91 Å². The minimum Gasteiger partial charge on any atom is -0.394 e. The molecule has 3 N–H and O–H groups in total. The normalized spacial score (nSPS) is 14.0. The summed E-state index contributed by atoms with van der Waals surface area (Å²) in [4.78, 5) is 12.4. The Bertz CT molecular complexity index is 1210. The summed E-state index contributed by atoms with van der Waals surface area (Å²) in [5.41, 5.74) is 0. The van der Waals surface area contributed by atoms with Gasteiger partial charge in [-0.1, -0.05) is 219 Å². The van der Waals surface area contributed by atoms with E-state index in [1.807, 2.05) is 6.08 Å². The van der Waals surface area contributed by atoms with E-state index in [9.17, 15) is 15.0 Å². The Hall–Kier alpha value is -3.21. The zero-order valence-electron chi connectivity index (χ0n) is 38.9. The number of unbranched alkanes of at least 4 members (excludes halogenated alkanes) is 18. The molecule has 4 heteroatoms. The summed E-state index contributed by atoms with van der Waals surface area (Å²) in [5.74, 6) is -0.0876. The smallest absolute Gasteiger partial charge is 0.220 e. The van der Waals surface area contributed by atoms with Crippen molar-refractivity contribution in [3.63, 3.8) is 0 Å². The number of rotatable bonds is 43. The van der Waals surface area contributed by atoms with Crippen LogP contribution in [0.5, 0.6) is 0 Å². The summed E-state index contributed by atoms with van der Waals surface area (Å²) in [6, 6.07) is -0.654. The second-order valence-corrected chi connectivity index (χ2v) is 16.1. The summed E-state index contributed by atoms with van der Waals surface area (Å²) in [7, 11) is 0. The SMILES string of the molecule is CC/C=C\C/C=C\C/C=C\C/C=C\C/C=C\C/C=C\C/C=C\CCCCCCCCCCCCCC(=O)NC(CO)C(O)/C=C/CC/C=C/CC/C=C/CCCCCCC. The molecule has 2 atom stereocenters. The summed E-state index contributed by atoms with van der Waals surface area (Å²) >= 11 is 0. The second kappa shape index (κ2) is 50.1. The Morgan fingerprint density at radius 2 is 0.750 bits per heavy atom. The zero-order valence-corrected chi connectivity index (χ0v) is 38.9. The molecule has 0 aliphatic heterocycles. The molecule has 0 fully saturated rings. The van der Waals surface area contributed by atoms with Gasteiger partial charge in [0.25, 0.3) is 0 Å². The maximum absolute atomic E-state index is 12.4. The Labute approximate surface area is 371 Å². The van der Waals surface area contributed by atoms with Crippen LogP contribution in [-0.4, -0.2) is 34.9 Å². The van der Waals surface area contributed by atoms with Crippen LogP contribution in [0.15, 0.2) is 122 Å². The van der Waals surface area contributed by atoms with E-state index >= 15 is 0 Å². The Morgan fingerprint density at radius 1 is 0.417 bits per heavy atom. The topological polar surface area (TPSA) is 69.6 Å². The van der Waals surface area contributed by atoms with E-state index in [0.717, 1.165) is 89.9 Å². The number of amides is 1. The molecule has 0 aromatic rings. The van der Waals surface area contributed by atoms with E-state index in [4.69, 9.17) is 0 Å². The summed E-state index contributed by atoms with van der Waals surface area (Å²) in [6.45, 7) is 4.15. The van der Waals surface area contributed by atoms with Gasteiger partial charge in [-0.05, 0) is 103 Å². The van der Waals surface area contributed by atoms with Gasteiger partial charge in [-0.2, -0.15) is 0 Å². The molecule has 0 radical (unpaired) electrons. The number of hydrogen-bond donors (Lipinski definition) is 3. The van der Waals surface area contributed by atoms with E-state index in [0.29, 0.717) is 6.42 Å². The Balaban J connectivity index is 3.63. The number of aliphatic hydroxyl groups excluding tert-OH is 2. The van der Waals surface area contributed by atoms with Gasteiger partial charge in [0.05, 0.1) is 18.8 Å². The molecule has 1 amide bonds. The highest BCUT2D eigenvalue weighted by Crippen LogP contribution is 2.13. The van der Waals surface area contributed by atoms with E-state index < -0.39 is 12.1 Å². The molecule has 0 saturated carbocycles. The fraction of sp³-hybridized carbons (Fsp3) is 0.625. The maximum Gasteiger partial charge on any atom is 0.220 e. The van der Waals surface area contributed by atoms with Gasteiger partial charge in [0.1, 0.15) is 0 Å². The first kappa shape index (κ1) is 56.8. The van der Waals surface area contributed by atoms with Crippen molar-refractivity contribution in [1.29, 1.82) is 0 Å². The van der Waals surface area contributed by atoms with E-state index in [1.54, 1.807) is 6.08 Å². The molecule has 0 bridgehead atoms. The van der Waals surface area contributed by atoms with Crippen LogP contribution in [0.1, 0.15) is 206 Å². The van der Waals surface area contributed by atoms with Gasteiger partial charge in [-0.15, -0.1) is 0 Å². The number of hydrogen-bond acceptors (Lipinski definition) is 3. The first-order valence-corrected chi connectivity index (χ1v) is 24.7. The van der Waals surface area contributed by atoms with Crippen LogP contribution in [0, 0.1) is 0 Å². The lowest BCUT2D eigenvalue weighted by atomic mass is 10.0. The van der Waals surface area contributed by atoms with Crippen molar-refractivity contribution in [2.45, 2.75) is 219 Å². The lowest BCUT2D eigenvalue weighted by Gasteiger charge is -2.19. The average molecular weight is 828 g/mol. The number of aliphatic hydroxyl groups is 2. The van der Waals surface area contributed by atoms with E-state index in [1.165, 1.54) is 96.3 Å². The van der Waals surface area contributed by atoms with Gasteiger partial charge in [0, 0.05) is 6.42 Å². The van der Waals surface area contributed by atoms with E-state index in [-0.39, 0.29) is 12.5 Å². The largest absolute Gasteiger partial charge is 0.394 e. The predicted molar refractivity (Wildman–Crippen MR) is 266 cm³/mol. The van der Waals surface area contributed by atoms with Crippen molar-refractivity contribution in [1.82, 2.24) is 5.32 Å². The van der Waals surface area contributed by atoms with Crippen LogP contribution in [0.2, 0.25) is 0 Å². The van der Waals surface area contributed by atoms with Crippen LogP contribution < -0.4 is 5.32 Å². The van der Waals surface area contributed by atoms with Gasteiger partial charge in [-0.25, -0.2) is 0 Å². The number of carbonyl (C=O) groups excluding carboxylic acids is 1. The first-order valence-electron chi connectivity index (χ1n) is 24.7. The quantitative estimate of drug-likeness (QED) is 0.0424. The van der Waals surface area contributed by atoms with Gasteiger partial charge in [0.15, 0.2) is 0 Å². The molecule has 60 heavy (non-hydrogen) atoms. The fourth-order valence-corrected chi connectivity index (χ4v) is 6.66. The third-order valence-electron chi connectivity index (χ3n) is 10.4. The number of nitrogens with one attached hydrogen (secondary N) is 1. The van der Waals surface area contributed by atoms with Gasteiger partial charge in [-0.3, -0.25) is 4.79 Å². The molecule has 0 spiro atoms. The van der Waals surface area contributed by atoms with Gasteiger partial charge < -0.3 is 15.5 Å². The molecule has 0 rings (SSSR count). The van der Waals surface area contributed by atoms with Crippen molar-refractivity contribution in [3.05, 3.63) is 122 Å². The molecule has 0 aliphatic carbocycles. The number of carbonyl (C=O) groups is 1. The standard InChI is InChI=1S/C56H93NO3/c1-3-5-7-9-11-13-15-17-19-20-21-22-23-24-25-26-27-28-29-30-31-32-33-34-35-36-38-40-42-44-46-48-50-52-56(60)57-54(53-58)55(59)51-49-47-45-43-41-39-37-18-16-14-12-10-8-6-4-2/h5,7,11,13,16-19,21-22,24-25,27-28,30-31,41,43,49,51,54-55,58-59H,3-4,6,8-10,12,14-15,20,23,26,29,32-40,42,44-48,50,52-53H2,1-2H3,(H,57,60)/b7-5-,13-11-,18-16+,19-17-,22-21-,25-24-,28-27-,31-30-,43-41+,51-49+. The minimum atomic E-state index is -0.878. The molecule has 340 valence electrons. The minimum absolute atomic E-state index is 0.0876. The molecule has 0 heterocycles. The zero-order chi connectivity index (χ0) is 43.5. The van der Waals surface area contributed by atoms with Crippen LogP contribution >= 0.6 is 0 Å². The molecular weight excluding hydrogens is 735 g/mol. The first-order chi connectivity index (χ1) is 29.7. The lowest BCUT2D eigenvalue weighted by Crippen LogP contribution is -2.45. The van der Waals surface area contributed by atoms with Crippen molar-refractivity contribution in [3.8, 4) is 0 Å². The lowest BCUT2D eigenvalue weighted by molar-refractivity contribution is -0.123. The highest BCUT2D eigenvalue weighted by atomic mass is 16.3. The van der Waals surface area contributed by atoms with Crippen LogP contribution in [-0.2, 0) is 4.79 Å². The van der Waals surface area contributed by atoms with Crippen LogP contribution in [0.4, 0.5) is 0 Å². The predicted octanol–water partition coefficient (Wildman–Crippen LogP) is 16.1. The molecule has 0 aromatic heterocycles. The molecule has 4 nitrogen and oxygen atoms in total. The maximum atomic E-state index is 12.4. The van der Waals surface area contributed by atoms with Gasteiger partial charge >= 0.3 is 0 Å². The summed E-state index contributed by atoms with van der Waals surface area (Å²) < 4.78 is 0. The molecule has 0 aliphatic rings. The second-order valence-electron chi connectivity index (χ2n) is 16.1. The van der Waals surface area contributed by atoms with Crippen LogP contribution in [0.25, 0.3) is 0 Å². The highest BCUT2D eigenvalue weighted by Gasteiger charge is 2.17. The molecule has 0 saturated heterocycles. The van der Waals surface area contributed by atoms with Crippen molar-refractivity contribution in [2.75, 3.05) is 6.61 Å². The summed E-state index contributed by atoms with van der Waals surface area (Å²) in [6.07, 6.45) is 77.5. The van der Waals surface area contributed by atoms with Crippen LogP contribution in [0.3, 0.4) is 0 Å². The molecule has 0 aromatic carbocycles. The summed E-state index contributed by atoms with van der Waals surface area (Å²) in [5, 5.41) is 23.0. The third kappa shape index (κ3) is 45.9. The Kier molecular flexibility index (Phi) is 47.5. The fourth-order valence-electron chi connectivity index (χ4n) is 6.66. The van der Waals surface area contributed by atoms with Crippen molar-refractivity contribution < 1.29 is 15.0 Å². The van der Waals surface area contributed by atoms with Crippen molar-refractivity contribution in [2.24, 2.45) is 0 Å². The third-order valence-corrected chi connectivity index (χ3v) is 10.4. The average Bonchev–Trinajstić information content (AvgIpc) is 3.25. The van der Waals surface area contributed by atoms with E-state index in [2.05, 4.69) is 129 Å². The Morgan fingerprint density at radius 3 is 1.17 bits per heavy atom. The molecular formula is C56H93NO3. The number of allylic oxidation sites excluding steroid dienone is 19. The van der Waals surface area contributed by atoms with Crippen molar-refractivity contribution >= 4 is 5.91 Å². The molecule has 2 unspecified atom stereocenters. The highest BCUT2D eigenvalue weighted by molar-refractivity contribution is 5.76. The monoisotopic (exact) mass is 828 g/mol.